The third-order valence-electron chi connectivity index (χ3n) is 2.62. The standard InChI is InChI=1S/C15H15NO5/c1-11(13-5-3-9-20-13)16-14(17)10-21-15(18)7-6-12-4-2-8-19-12/h2-9,11H,10H2,1H3,(H,16,17)/b7-6+/t11-/m1/s1. The molecule has 0 saturated heterocycles. The molecule has 1 amide bonds. The number of esters is 1. The van der Waals surface area contributed by atoms with Crippen molar-refractivity contribution in [1.29, 1.82) is 0 Å². The summed E-state index contributed by atoms with van der Waals surface area (Å²) in [7, 11) is 0. The highest BCUT2D eigenvalue weighted by Crippen LogP contribution is 2.11. The molecular weight excluding hydrogens is 274 g/mol. The topological polar surface area (TPSA) is 81.7 Å². The van der Waals surface area contributed by atoms with Gasteiger partial charge in [-0.05, 0) is 37.3 Å². The average molecular weight is 289 g/mol. The maximum absolute atomic E-state index is 11.6. The number of nitrogens with one attached hydrogen (secondary N) is 1. The van der Waals surface area contributed by atoms with Crippen molar-refractivity contribution in [3.63, 3.8) is 0 Å². The molecule has 0 aromatic carbocycles. The van der Waals surface area contributed by atoms with E-state index >= 15 is 0 Å². The van der Waals surface area contributed by atoms with Crippen LogP contribution < -0.4 is 5.32 Å². The summed E-state index contributed by atoms with van der Waals surface area (Å²) < 4.78 is 15.0. The van der Waals surface area contributed by atoms with Gasteiger partial charge in [-0.2, -0.15) is 0 Å². The summed E-state index contributed by atoms with van der Waals surface area (Å²) in [6.07, 6.45) is 5.68. The van der Waals surface area contributed by atoms with Gasteiger partial charge in [0.25, 0.3) is 5.91 Å². The first-order valence-corrected chi connectivity index (χ1v) is 6.36. The van der Waals surface area contributed by atoms with Gasteiger partial charge in [-0.25, -0.2) is 4.79 Å². The van der Waals surface area contributed by atoms with Crippen molar-refractivity contribution in [3.8, 4) is 0 Å². The molecule has 1 N–H and O–H groups in total. The average Bonchev–Trinajstić information content (AvgIpc) is 3.15. The Hall–Kier alpha value is -2.76. The van der Waals surface area contributed by atoms with Gasteiger partial charge in [-0.3, -0.25) is 4.79 Å². The molecule has 110 valence electrons. The zero-order valence-electron chi connectivity index (χ0n) is 11.4. The molecule has 2 aromatic heterocycles. The molecule has 1 atom stereocenters. The predicted molar refractivity (Wildman–Crippen MR) is 74.0 cm³/mol. The highest BCUT2D eigenvalue weighted by Gasteiger charge is 2.12. The van der Waals surface area contributed by atoms with Crippen LogP contribution in [0, 0.1) is 0 Å². The summed E-state index contributed by atoms with van der Waals surface area (Å²) in [5.41, 5.74) is 0. The van der Waals surface area contributed by atoms with Crippen LogP contribution in [0.3, 0.4) is 0 Å². The number of hydrogen-bond acceptors (Lipinski definition) is 5. The Kier molecular flexibility index (Phi) is 4.98. The SMILES string of the molecule is C[C@@H](NC(=O)COC(=O)/C=C/c1ccco1)c1ccco1. The fourth-order valence-corrected chi connectivity index (χ4v) is 1.61. The van der Waals surface area contributed by atoms with E-state index in [2.05, 4.69) is 5.32 Å². The van der Waals surface area contributed by atoms with Crippen molar-refractivity contribution in [1.82, 2.24) is 5.32 Å². The van der Waals surface area contributed by atoms with Gasteiger partial charge in [0.1, 0.15) is 11.5 Å². The number of carbonyl (C=O) groups is 2. The molecule has 0 bridgehead atoms. The van der Waals surface area contributed by atoms with Crippen LogP contribution >= 0.6 is 0 Å². The second kappa shape index (κ2) is 7.14. The van der Waals surface area contributed by atoms with Crippen molar-refractivity contribution in [2.75, 3.05) is 6.61 Å². The molecule has 0 aliphatic rings. The number of rotatable bonds is 6. The molecule has 0 aliphatic heterocycles. The quantitative estimate of drug-likeness (QED) is 0.652. The summed E-state index contributed by atoms with van der Waals surface area (Å²) in [4.78, 5) is 23.0. The van der Waals surface area contributed by atoms with Crippen LogP contribution in [0.1, 0.15) is 24.5 Å². The lowest BCUT2D eigenvalue weighted by molar-refractivity contribution is -0.144. The normalized spacial score (nSPS) is 12.2. The summed E-state index contributed by atoms with van der Waals surface area (Å²) >= 11 is 0. The third-order valence-corrected chi connectivity index (χ3v) is 2.62. The molecule has 0 radical (unpaired) electrons. The lowest BCUT2D eigenvalue weighted by Crippen LogP contribution is -2.30. The molecule has 21 heavy (non-hydrogen) atoms. The van der Waals surface area contributed by atoms with Crippen molar-refractivity contribution >= 4 is 18.0 Å². The lowest BCUT2D eigenvalue weighted by Gasteiger charge is -2.10. The first-order valence-electron chi connectivity index (χ1n) is 6.36. The Morgan fingerprint density at radius 2 is 2.05 bits per heavy atom. The third kappa shape index (κ3) is 4.68. The Labute approximate surface area is 121 Å². The summed E-state index contributed by atoms with van der Waals surface area (Å²) in [5.74, 6) is 0.140. The van der Waals surface area contributed by atoms with Crippen LogP contribution in [0.2, 0.25) is 0 Å². The predicted octanol–water partition coefficient (Wildman–Crippen LogP) is 2.31. The molecule has 6 heteroatoms. The number of carbonyl (C=O) groups excluding carboxylic acids is 2. The zero-order valence-corrected chi connectivity index (χ0v) is 11.4. The lowest BCUT2D eigenvalue weighted by atomic mass is 10.2. The van der Waals surface area contributed by atoms with Crippen molar-refractivity contribution in [2.24, 2.45) is 0 Å². The van der Waals surface area contributed by atoms with Gasteiger partial charge in [-0.15, -0.1) is 0 Å². The van der Waals surface area contributed by atoms with E-state index < -0.39 is 11.9 Å². The molecule has 0 aliphatic carbocycles. The molecule has 6 nitrogen and oxygen atoms in total. The monoisotopic (exact) mass is 289 g/mol. The smallest absolute Gasteiger partial charge is 0.331 e. The van der Waals surface area contributed by atoms with Crippen molar-refractivity contribution in [2.45, 2.75) is 13.0 Å². The molecule has 0 fully saturated rings. The molecule has 0 unspecified atom stereocenters. The second-order valence-corrected chi connectivity index (χ2v) is 4.26. The molecule has 2 heterocycles. The van der Waals surface area contributed by atoms with Gasteiger partial charge in [0.05, 0.1) is 18.6 Å². The Bertz CT molecular complexity index is 598. The van der Waals surface area contributed by atoms with Crippen LogP contribution in [0.5, 0.6) is 0 Å². The highest BCUT2D eigenvalue weighted by atomic mass is 16.5. The maximum Gasteiger partial charge on any atom is 0.331 e. The first kappa shape index (κ1) is 14.6. The molecule has 2 aromatic rings. The maximum atomic E-state index is 11.6. The Balaban J connectivity index is 1.72. The van der Waals surface area contributed by atoms with E-state index in [0.29, 0.717) is 11.5 Å². The van der Waals surface area contributed by atoms with Gasteiger partial charge in [0.2, 0.25) is 0 Å². The molecule has 2 rings (SSSR count). The fraction of sp³-hybridized carbons (Fsp3) is 0.200. The van der Waals surface area contributed by atoms with Crippen molar-refractivity contribution in [3.05, 3.63) is 54.4 Å². The number of furan rings is 2. The zero-order chi connectivity index (χ0) is 15.1. The van der Waals surface area contributed by atoms with E-state index in [0.717, 1.165) is 0 Å². The van der Waals surface area contributed by atoms with Crippen LogP contribution in [-0.2, 0) is 14.3 Å². The summed E-state index contributed by atoms with van der Waals surface area (Å²) in [6, 6.07) is 6.60. The minimum absolute atomic E-state index is 0.287. The van der Waals surface area contributed by atoms with E-state index in [9.17, 15) is 9.59 Å². The number of ether oxygens (including phenoxy) is 1. The van der Waals surface area contributed by atoms with Gasteiger partial charge in [0, 0.05) is 6.08 Å². The first-order chi connectivity index (χ1) is 10.1. The van der Waals surface area contributed by atoms with E-state index in [-0.39, 0.29) is 12.6 Å². The fourth-order valence-electron chi connectivity index (χ4n) is 1.61. The van der Waals surface area contributed by atoms with Crippen LogP contribution in [0.4, 0.5) is 0 Å². The Morgan fingerprint density at radius 1 is 1.29 bits per heavy atom. The minimum atomic E-state index is -0.618. The number of hydrogen-bond donors (Lipinski definition) is 1. The van der Waals surface area contributed by atoms with E-state index in [1.54, 1.807) is 31.2 Å². The van der Waals surface area contributed by atoms with E-state index in [4.69, 9.17) is 13.6 Å². The molecule has 0 spiro atoms. The highest BCUT2D eigenvalue weighted by molar-refractivity contribution is 5.88. The second-order valence-electron chi connectivity index (χ2n) is 4.26. The largest absolute Gasteiger partial charge is 0.467 e. The molecule has 0 saturated carbocycles. The van der Waals surface area contributed by atoms with Gasteiger partial charge in [0.15, 0.2) is 6.61 Å². The van der Waals surface area contributed by atoms with Crippen LogP contribution in [-0.4, -0.2) is 18.5 Å². The van der Waals surface area contributed by atoms with Crippen LogP contribution in [0.15, 0.2) is 51.7 Å². The van der Waals surface area contributed by atoms with Crippen LogP contribution in [0.25, 0.3) is 6.08 Å². The van der Waals surface area contributed by atoms with E-state index in [1.807, 2.05) is 0 Å². The van der Waals surface area contributed by atoms with Gasteiger partial charge in [-0.1, -0.05) is 0 Å². The van der Waals surface area contributed by atoms with Gasteiger partial charge >= 0.3 is 5.97 Å². The summed E-state index contributed by atoms with van der Waals surface area (Å²) in [6.45, 7) is 1.42. The van der Waals surface area contributed by atoms with E-state index in [1.165, 1.54) is 24.7 Å². The Morgan fingerprint density at radius 3 is 2.71 bits per heavy atom. The van der Waals surface area contributed by atoms with Gasteiger partial charge < -0.3 is 18.9 Å². The summed E-state index contributed by atoms with van der Waals surface area (Å²) in [5, 5.41) is 2.65. The minimum Gasteiger partial charge on any atom is -0.467 e. The molecular formula is C15H15NO5. The number of amides is 1. The van der Waals surface area contributed by atoms with Crippen molar-refractivity contribution < 1.29 is 23.2 Å².